The van der Waals surface area contributed by atoms with Gasteiger partial charge in [-0.25, -0.2) is 9.67 Å². The number of amides is 1. The summed E-state index contributed by atoms with van der Waals surface area (Å²) < 4.78 is 1.70. The lowest BCUT2D eigenvalue weighted by Crippen LogP contribution is -2.26. The molecule has 1 amide bonds. The van der Waals surface area contributed by atoms with Crippen molar-refractivity contribution in [2.45, 2.75) is 26.8 Å². The summed E-state index contributed by atoms with van der Waals surface area (Å²) in [6.07, 6.45) is 3.15. The van der Waals surface area contributed by atoms with Crippen molar-refractivity contribution in [3.05, 3.63) is 77.4 Å². The Balaban J connectivity index is 1.71. The van der Waals surface area contributed by atoms with E-state index in [4.69, 9.17) is 0 Å². The van der Waals surface area contributed by atoms with Crippen LogP contribution in [0.2, 0.25) is 0 Å². The highest BCUT2D eigenvalue weighted by Crippen LogP contribution is 2.16. The Hall–Kier alpha value is -2.95. The van der Waals surface area contributed by atoms with E-state index in [1.165, 1.54) is 11.9 Å². The molecule has 0 spiro atoms. The first-order valence-corrected chi connectivity index (χ1v) is 7.87. The first kappa shape index (κ1) is 15.9. The van der Waals surface area contributed by atoms with Crippen molar-refractivity contribution in [1.29, 1.82) is 0 Å². The van der Waals surface area contributed by atoms with Crippen LogP contribution in [-0.2, 0) is 0 Å². The predicted molar refractivity (Wildman–Crippen MR) is 93.2 cm³/mol. The third-order valence-corrected chi connectivity index (χ3v) is 4.19. The van der Waals surface area contributed by atoms with E-state index in [9.17, 15) is 4.79 Å². The molecule has 1 heterocycles. The summed E-state index contributed by atoms with van der Waals surface area (Å²) in [7, 11) is 0. The van der Waals surface area contributed by atoms with Crippen molar-refractivity contribution in [2.75, 3.05) is 0 Å². The Bertz CT molecular complexity index is 838. The van der Waals surface area contributed by atoms with Crippen LogP contribution in [0.3, 0.4) is 0 Å². The van der Waals surface area contributed by atoms with E-state index in [1.807, 2.05) is 63.2 Å². The maximum absolute atomic E-state index is 12.4. The summed E-state index contributed by atoms with van der Waals surface area (Å²) in [5.74, 6) is -0.0639. The topological polar surface area (TPSA) is 59.8 Å². The number of aromatic nitrogens is 3. The fraction of sp³-hybridized carbons (Fsp3) is 0.211. The third kappa shape index (κ3) is 3.35. The standard InChI is InChI=1S/C19H20N4O/c1-13-4-5-17(10-14(13)2)19(24)22-15(3)16-6-8-18(9-7-16)23-12-20-11-21-23/h4-12,15H,1-3H3,(H,22,24)/t15-/m0/s1. The van der Waals surface area contributed by atoms with E-state index in [1.54, 1.807) is 11.0 Å². The van der Waals surface area contributed by atoms with Crippen LogP contribution in [0.1, 0.15) is 40.0 Å². The first-order valence-electron chi connectivity index (χ1n) is 7.87. The van der Waals surface area contributed by atoms with Crippen molar-refractivity contribution in [3.8, 4) is 5.69 Å². The van der Waals surface area contributed by atoms with Gasteiger partial charge in [-0.05, 0) is 61.7 Å². The molecule has 3 rings (SSSR count). The van der Waals surface area contributed by atoms with Crippen LogP contribution in [0.4, 0.5) is 0 Å². The molecule has 24 heavy (non-hydrogen) atoms. The van der Waals surface area contributed by atoms with Crippen LogP contribution in [0.15, 0.2) is 55.1 Å². The summed E-state index contributed by atoms with van der Waals surface area (Å²) in [5, 5.41) is 7.14. The summed E-state index contributed by atoms with van der Waals surface area (Å²) in [5.41, 5.74) is 4.96. The monoisotopic (exact) mass is 320 g/mol. The van der Waals surface area contributed by atoms with Crippen LogP contribution in [0, 0.1) is 13.8 Å². The van der Waals surface area contributed by atoms with Gasteiger partial charge in [0, 0.05) is 5.56 Å². The van der Waals surface area contributed by atoms with Gasteiger partial charge in [0.2, 0.25) is 0 Å². The lowest BCUT2D eigenvalue weighted by atomic mass is 10.0. The molecule has 0 fully saturated rings. The van der Waals surface area contributed by atoms with Gasteiger partial charge in [-0.3, -0.25) is 4.79 Å². The number of rotatable bonds is 4. The molecule has 3 aromatic rings. The van der Waals surface area contributed by atoms with Crippen molar-refractivity contribution < 1.29 is 4.79 Å². The molecule has 0 saturated heterocycles. The number of aryl methyl sites for hydroxylation is 2. The van der Waals surface area contributed by atoms with Gasteiger partial charge in [-0.15, -0.1) is 0 Å². The molecule has 5 nitrogen and oxygen atoms in total. The number of hydrogen-bond acceptors (Lipinski definition) is 3. The smallest absolute Gasteiger partial charge is 0.251 e. The molecule has 0 unspecified atom stereocenters. The molecule has 1 N–H and O–H groups in total. The first-order chi connectivity index (χ1) is 11.5. The molecule has 0 aliphatic rings. The second-order valence-corrected chi connectivity index (χ2v) is 5.93. The highest BCUT2D eigenvalue weighted by molar-refractivity contribution is 5.94. The molecule has 0 radical (unpaired) electrons. The van der Waals surface area contributed by atoms with Gasteiger partial charge >= 0.3 is 0 Å². The van der Waals surface area contributed by atoms with Gasteiger partial charge in [0.25, 0.3) is 5.91 Å². The van der Waals surface area contributed by atoms with Gasteiger partial charge in [-0.2, -0.15) is 5.10 Å². The van der Waals surface area contributed by atoms with Gasteiger partial charge < -0.3 is 5.32 Å². The maximum Gasteiger partial charge on any atom is 0.251 e. The molecule has 122 valence electrons. The number of carbonyl (C=O) groups excluding carboxylic acids is 1. The van der Waals surface area contributed by atoms with E-state index in [2.05, 4.69) is 15.4 Å². The highest BCUT2D eigenvalue weighted by Gasteiger charge is 2.12. The molecular formula is C19H20N4O. The minimum Gasteiger partial charge on any atom is -0.346 e. The number of hydrogen-bond donors (Lipinski definition) is 1. The van der Waals surface area contributed by atoms with Crippen LogP contribution < -0.4 is 5.32 Å². The molecule has 0 aliphatic carbocycles. The lowest BCUT2D eigenvalue weighted by Gasteiger charge is -2.15. The summed E-state index contributed by atoms with van der Waals surface area (Å²) >= 11 is 0. The Morgan fingerprint density at radius 2 is 1.83 bits per heavy atom. The fourth-order valence-electron chi connectivity index (χ4n) is 2.50. The molecule has 5 heteroatoms. The minimum absolute atomic E-state index is 0.0639. The zero-order chi connectivity index (χ0) is 17.1. The average Bonchev–Trinajstić information content (AvgIpc) is 3.12. The van der Waals surface area contributed by atoms with Crippen molar-refractivity contribution >= 4 is 5.91 Å². The quantitative estimate of drug-likeness (QED) is 0.802. The molecule has 1 aromatic heterocycles. The molecule has 0 saturated carbocycles. The Labute approximate surface area is 141 Å². The molecular weight excluding hydrogens is 300 g/mol. The number of nitrogens with one attached hydrogen (secondary N) is 1. The van der Waals surface area contributed by atoms with E-state index in [-0.39, 0.29) is 11.9 Å². The highest BCUT2D eigenvalue weighted by atomic mass is 16.1. The zero-order valence-corrected chi connectivity index (χ0v) is 14.0. The van der Waals surface area contributed by atoms with Gasteiger partial charge in [-0.1, -0.05) is 18.2 Å². The van der Waals surface area contributed by atoms with E-state index < -0.39 is 0 Å². The second kappa shape index (κ2) is 6.66. The molecule has 2 aromatic carbocycles. The van der Waals surface area contributed by atoms with Gasteiger partial charge in [0.1, 0.15) is 12.7 Å². The Morgan fingerprint density at radius 1 is 1.08 bits per heavy atom. The molecule has 0 aliphatic heterocycles. The molecule has 0 bridgehead atoms. The maximum atomic E-state index is 12.4. The van der Waals surface area contributed by atoms with Crippen LogP contribution in [0.25, 0.3) is 5.69 Å². The Morgan fingerprint density at radius 3 is 2.46 bits per heavy atom. The van der Waals surface area contributed by atoms with E-state index in [0.29, 0.717) is 5.56 Å². The fourth-order valence-corrected chi connectivity index (χ4v) is 2.50. The summed E-state index contributed by atoms with van der Waals surface area (Å²) in [4.78, 5) is 16.3. The van der Waals surface area contributed by atoms with Crippen LogP contribution in [-0.4, -0.2) is 20.7 Å². The molecule has 1 atom stereocenters. The van der Waals surface area contributed by atoms with Gasteiger partial charge in [0.15, 0.2) is 0 Å². The summed E-state index contributed by atoms with van der Waals surface area (Å²) in [6, 6.07) is 13.6. The zero-order valence-electron chi connectivity index (χ0n) is 14.0. The Kier molecular flexibility index (Phi) is 4.42. The van der Waals surface area contributed by atoms with Crippen LogP contribution in [0.5, 0.6) is 0 Å². The lowest BCUT2D eigenvalue weighted by molar-refractivity contribution is 0.0940. The summed E-state index contributed by atoms with van der Waals surface area (Å²) in [6.45, 7) is 6.03. The number of benzene rings is 2. The van der Waals surface area contributed by atoms with E-state index >= 15 is 0 Å². The van der Waals surface area contributed by atoms with Crippen LogP contribution >= 0.6 is 0 Å². The largest absolute Gasteiger partial charge is 0.346 e. The SMILES string of the molecule is Cc1ccc(C(=O)N[C@@H](C)c2ccc(-n3cncn3)cc2)cc1C. The number of carbonyl (C=O) groups is 1. The van der Waals surface area contributed by atoms with Crippen molar-refractivity contribution in [2.24, 2.45) is 0 Å². The third-order valence-electron chi connectivity index (χ3n) is 4.19. The predicted octanol–water partition coefficient (Wildman–Crippen LogP) is 3.38. The normalized spacial score (nSPS) is 12.0. The van der Waals surface area contributed by atoms with Crippen molar-refractivity contribution in [1.82, 2.24) is 20.1 Å². The second-order valence-electron chi connectivity index (χ2n) is 5.93. The minimum atomic E-state index is -0.0797. The van der Waals surface area contributed by atoms with Gasteiger partial charge in [0.05, 0.1) is 11.7 Å². The average molecular weight is 320 g/mol. The number of nitrogens with zero attached hydrogens (tertiary/aromatic N) is 3. The van der Waals surface area contributed by atoms with Crippen molar-refractivity contribution in [3.63, 3.8) is 0 Å². The van der Waals surface area contributed by atoms with E-state index in [0.717, 1.165) is 16.8 Å².